The van der Waals surface area contributed by atoms with Gasteiger partial charge in [0.2, 0.25) is 10.0 Å². The highest BCUT2D eigenvalue weighted by Gasteiger charge is 2.28. The van der Waals surface area contributed by atoms with Gasteiger partial charge in [0.25, 0.3) is 0 Å². The van der Waals surface area contributed by atoms with Crippen LogP contribution in [0.1, 0.15) is 6.42 Å². The quantitative estimate of drug-likeness (QED) is 0.861. The molecule has 0 radical (unpaired) electrons. The van der Waals surface area contributed by atoms with E-state index < -0.39 is 19.9 Å². The van der Waals surface area contributed by atoms with E-state index in [2.05, 4.69) is 5.32 Å². The van der Waals surface area contributed by atoms with Crippen LogP contribution in [0.4, 0.5) is 5.69 Å². The normalized spacial score (nSPS) is 21.6. The maximum atomic E-state index is 12.2. The molecule has 1 unspecified atom stereocenters. The number of nitrogens with zero attached hydrogens (tertiary/aromatic N) is 1. The van der Waals surface area contributed by atoms with Crippen LogP contribution in [-0.2, 0) is 19.9 Å². The summed E-state index contributed by atoms with van der Waals surface area (Å²) in [6.07, 6.45) is 0.623. The maximum Gasteiger partial charge on any atom is 0.244 e. The fraction of sp³-hybridized carbons (Fsp3) is 0.538. The Morgan fingerprint density at radius 2 is 1.95 bits per heavy atom. The van der Waals surface area contributed by atoms with Crippen LogP contribution in [0.2, 0.25) is 0 Å². The van der Waals surface area contributed by atoms with Gasteiger partial charge in [0, 0.05) is 20.6 Å². The molecule has 0 aliphatic carbocycles. The van der Waals surface area contributed by atoms with Crippen LogP contribution < -0.4 is 5.32 Å². The number of sulfonamides is 1. The third-order valence-corrected chi connectivity index (χ3v) is 7.26. The van der Waals surface area contributed by atoms with Gasteiger partial charge >= 0.3 is 0 Å². The first-order valence-electron chi connectivity index (χ1n) is 6.68. The van der Waals surface area contributed by atoms with Gasteiger partial charge in [0.1, 0.15) is 4.90 Å². The van der Waals surface area contributed by atoms with Crippen LogP contribution in [0.5, 0.6) is 0 Å². The third-order valence-electron chi connectivity index (χ3n) is 3.55. The van der Waals surface area contributed by atoms with Crippen LogP contribution in [0.25, 0.3) is 0 Å². The third kappa shape index (κ3) is 3.75. The first-order valence-corrected chi connectivity index (χ1v) is 9.94. The number of hydrogen-bond acceptors (Lipinski definition) is 5. The number of anilines is 1. The van der Waals surface area contributed by atoms with E-state index in [1.807, 2.05) is 0 Å². The van der Waals surface area contributed by atoms with Gasteiger partial charge in [-0.05, 0) is 24.5 Å². The molecule has 1 saturated heterocycles. The van der Waals surface area contributed by atoms with Crippen LogP contribution >= 0.6 is 0 Å². The van der Waals surface area contributed by atoms with E-state index in [-0.39, 0.29) is 22.3 Å². The summed E-state index contributed by atoms with van der Waals surface area (Å²) in [5, 5.41) is 3.08. The van der Waals surface area contributed by atoms with E-state index in [1.165, 1.54) is 14.1 Å². The second-order valence-corrected chi connectivity index (χ2v) is 9.78. The lowest BCUT2D eigenvalue weighted by Crippen LogP contribution is -2.24. The highest BCUT2D eigenvalue weighted by molar-refractivity contribution is 7.91. The van der Waals surface area contributed by atoms with Crippen molar-refractivity contribution < 1.29 is 16.8 Å². The van der Waals surface area contributed by atoms with Crippen molar-refractivity contribution >= 4 is 25.5 Å². The van der Waals surface area contributed by atoms with E-state index >= 15 is 0 Å². The topological polar surface area (TPSA) is 83.6 Å². The van der Waals surface area contributed by atoms with Gasteiger partial charge in [0.15, 0.2) is 9.84 Å². The van der Waals surface area contributed by atoms with Gasteiger partial charge in [-0.3, -0.25) is 0 Å². The van der Waals surface area contributed by atoms with Crippen LogP contribution in [0, 0.1) is 5.92 Å². The average molecular weight is 332 g/mol. The van der Waals surface area contributed by atoms with Gasteiger partial charge in [-0.1, -0.05) is 12.1 Å². The Morgan fingerprint density at radius 3 is 2.52 bits per heavy atom. The second-order valence-electron chi connectivity index (χ2n) is 5.43. The van der Waals surface area contributed by atoms with Crippen molar-refractivity contribution in [1.82, 2.24) is 4.31 Å². The molecule has 0 spiro atoms. The van der Waals surface area contributed by atoms with Crippen molar-refractivity contribution in [1.29, 1.82) is 0 Å². The first-order chi connectivity index (χ1) is 9.72. The standard InChI is InChI=1S/C13H20N2O4S2/c1-15(2)21(18,19)13-6-4-3-5-12(13)14-9-11-7-8-20(16,17)10-11/h3-6,11,14H,7-10H2,1-2H3. The fourth-order valence-electron chi connectivity index (χ4n) is 2.32. The molecule has 0 bridgehead atoms. The van der Waals surface area contributed by atoms with E-state index in [0.29, 0.717) is 18.7 Å². The van der Waals surface area contributed by atoms with Gasteiger partial charge in [-0.15, -0.1) is 0 Å². The predicted molar refractivity (Wildman–Crippen MR) is 82.6 cm³/mol. The zero-order valence-electron chi connectivity index (χ0n) is 12.1. The van der Waals surface area contributed by atoms with Crippen molar-refractivity contribution in [3.8, 4) is 0 Å². The molecule has 1 atom stereocenters. The lowest BCUT2D eigenvalue weighted by Gasteiger charge is -2.17. The van der Waals surface area contributed by atoms with Gasteiger partial charge in [-0.25, -0.2) is 21.1 Å². The van der Waals surface area contributed by atoms with Gasteiger partial charge < -0.3 is 5.32 Å². The van der Waals surface area contributed by atoms with Crippen LogP contribution in [0.15, 0.2) is 29.2 Å². The molecule has 1 aromatic rings. The first kappa shape index (κ1) is 16.3. The fourth-order valence-corrected chi connectivity index (χ4v) is 5.25. The molecular weight excluding hydrogens is 312 g/mol. The molecule has 0 amide bonds. The lowest BCUT2D eigenvalue weighted by molar-refractivity contribution is 0.521. The van der Waals surface area contributed by atoms with E-state index in [0.717, 1.165) is 4.31 Å². The zero-order chi connectivity index (χ0) is 15.7. The molecule has 2 rings (SSSR count). The van der Waals surface area contributed by atoms with Crippen molar-refractivity contribution in [3.05, 3.63) is 24.3 Å². The highest BCUT2D eigenvalue weighted by Crippen LogP contribution is 2.25. The molecule has 0 saturated carbocycles. The summed E-state index contributed by atoms with van der Waals surface area (Å²) in [5.41, 5.74) is 0.510. The molecule has 0 aromatic heterocycles. The van der Waals surface area contributed by atoms with Crippen molar-refractivity contribution in [3.63, 3.8) is 0 Å². The number of rotatable bonds is 5. The molecule has 21 heavy (non-hydrogen) atoms. The van der Waals surface area contributed by atoms with Crippen LogP contribution in [0.3, 0.4) is 0 Å². The van der Waals surface area contributed by atoms with E-state index in [1.54, 1.807) is 24.3 Å². The van der Waals surface area contributed by atoms with Crippen molar-refractivity contribution in [2.75, 3.05) is 37.5 Å². The smallest absolute Gasteiger partial charge is 0.244 e. The molecule has 1 aliphatic rings. The minimum atomic E-state index is -3.52. The number of hydrogen-bond donors (Lipinski definition) is 1. The number of sulfone groups is 1. The summed E-state index contributed by atoms with van der Waals surface area (Å²) in [5.74, 6) is 0.421. The minimum Gasteiger partial charge on any atom is -0.384 e. The molecule has 118 valence electrons. The molecule has 6 nitrogen and oxygen atoms in total. The summed E-state index contributed by atoms with van der Waals surface area (Å²) >= 11 is 0. The predicted octanol–water partition coefficient (Wildman–Crippen LogP) is 0.784. The van der Waals surface area contributed by atoms with E-state index in [4.69, 9.17) is 0 Å². The number of nitrogens with one attached hydrogen (secondary N) is 1. The molecular formula is C13H20N2O4S2. The Morgan fingerprint density at radius 1 is 1.29 bits per heavy atom. The van der Waals surface area contributed by atoms with E-state index in [9.17, 15) is 16.8 Å². The number of benzene rings is 1. The highest BCUT2D eigenvalue weighted by atomic mass is 32.2. The molecule has 1 fully saturated rings. The number of para-hydroxylation sites is 1. The summed E-state index contributed by atoms with van der Waals surface area (Å²) in [7, 11) is -3.48. The monoisotopic (exact) mass is 332 g/mol. The molecule has 8 heteroatoms. The maximum absolute atomic E-state index is 12.2. The Labute approximate surface area is 126 Å². The molecule has 1 N–H and O–H groups in total. The average Bonchev–Trinajstić information content (AvgIpc) is 2.76. The van der Waals surface area contributed by atoms with Gasteiger partial charge in [-0.2, -0.15) is 0 Å². The Bertz CT molecular complexity index is 711. The SMILES string of the molecule is CN(C)S(=O)(=O)c1ccccc1NCC1CCS(=O)(=O)C1. The summed E-state index contributed by atoms with van der Waals surface area (Å²) in [6.45, 7) is 0.458. The Kier molecular flexibility index (Phi) is 4.60. The molecule has 1 aliphatic heterocycles. The molecule has 1 heterocycles. The molecule has 1 aromatic carbocycles. The van der Waals surface area contributed by atoms with Crippen molar-refractivity contribution in [2.45, 2.75) is 11.3 Å². The minimum absolute atomic E-state index is 0.0325. The Balaban J connectivity index is 2.15. The zero-order valence-corrected chi connectivity index (χ0v) is 13.7. The summed E-state index contributed by atoms with van der Waals surface area (Å²) in [4.78, 5) is 0.204. The van der Waals surface area contributed by atoms with Crippen molar-refractivity contribution in [2.24, 2.45) is 5.92 Å². The van der Waals surface area contributed by atoms with Gasteiger partial charge in [0.05, 0.1) is 17.2 Å². The summed E-state index contributed by atoms with van der Waals surface area (Å²) < 4.78 is 48.5. The largest absolute Gasteiger partial charge is 0.384 e. The van der Waals surface area contributed by atoms with Crippen LogP contribution in [-0.4, -0.2) is 53.3 Å². The lowest BCUT2D eigenvalue weighted by atomic mass is 10.1. The summed E-state index contributed by atoms with van der Waals surface area (Å²) in [6, 6.07) is 6.66. The Hall–Kier alpha value is -1.12. The second kappa shape index (κ2) is 5.94.